The first-order chi connectivity index (χ1) is 7.72. The van der Waals surface area contributed by atoms with Crippen molar-refractivity contribution in [3.8, 4) is 0 Å². The van der Waals surface area contributed by atoms with Gasteiger partial charge in [0.1, 0.15) is 0 Å². The maximum atomic E-state index is 11.4. The Morgan fingerprint density at radius 2 is 2.00 bits per heavy atom. The summed E-state index contributed by atoms with van der Waals surface area (Å²) in [5.74, 6) is -1.34. The summed E-state index contributed by atoms with van der Waals surface area (Å²) in [5.41, 5.74) is 8.20. The quantitative estimate of drug-likeness (QED) is 0.791. The van der Waals surface area contributed by atoms with E-state index in [1.807, 2.05) is 45.9 Å². The van der Waals surface area contributed by atoms with Gasteiger partial charge in [-0.05, 0) is 29.9 Å². The van der Waals surface area contributed by atoms with Crippen molar-refractivity contribution >= 4 is 11.7 Å². The molecule has 94 valence electrons. The lowest BCUT2D eigenvalue weighted by Crippen LogP contribution is -2.20. The van der Waals surface area contributed by atoms with Crippen molar-refractivity contribution in [1.29, 1.82) is 0 Å². The van der Waals surface area contributed by atoms with Crippen molar-refractivity contribution in [3.63, 3.8) is 0 Å². The van der Waals surface area contributed by atoms with Crippen LogP contribution in [0, 0.1) is 12.3 Å². The highest BCUT2D eigenvalue weighted by molar-refractivity contribution is 5.79. The Morgan fingerprint density at radius 3 is 2.47 bits per heavy atom. The van der Waals surface area contributed by atoms with Crippen LogP contribution in [-0.4, -0.2) is 11.1 Å². The molecule has 1 aromatic rings. The molecule has 0 aliphatic rings. The maximum Gasteiger partial charge on any atom is 0.311 e. The summed E-state index contributed by atoms with van der Waals surface area (Å²) in [6.45, 7) is 8.01. The third kappa shape index (κ3) is 3.48. The standard InChI is InChI=1S/C14H21NO2/c1-9-6-5-7-10(12(9)15)11(13(16)17)8-14(2,3)4/h5-7,11H,8,15H2,1-4H3,(H,16,17). The molecular formula is C14H21NO2. The van der Waals surface area contributed by atoms with Gasteiger partial charge in [0.05, 0.1) is 5.92 Å². The molecular weight excluding hydrogens is 214 g/mol. The van der Waals surface area contributed by atoms with Gasteiger partial charge in [-0.25, -0.2) is 0 Å². The first kappa shape index (κ1) is 13.6. The summed E-state index contributed by atoms with van der Waals surface area (Å²) in [7, 11) is 0. The third-order valence-electron chi connectivity index (χ3n) is 2.85. The van der Waals surface area contributed by atoms with E-state index in [0.717, 1.165) is 11.1 Å². The second-order valence-electron chi connectivity index (χ2n) is 5.73. The van der Waals surface area contributed by atoms with Crippen LogP contribution in [0.2, 0.25) is 0 Å². The van der Waals surface area contributed by atoms with E-state index in [9.17, 15) is 9.90 Å². The van der Waals surface area contributed by atoms with E-state index in [1.165, 1.54) is 0 Å². The molecule has 1 atom stereocenters. The maximum absolute atomic E-state index is 11.4. The molecule has 1 rings (SSSR count). The Kier molecular flexibility index (Phi) is 3.81. The highest BCUT2D eigenvalue weighted by atomic mass is 16.4. The van der Waals surface area contributed by atoms with Crippen molar-refractivity contribution in [1.82, 2.24) is 0 Å². The number of hydrogen-bond donors (Lipinski definition) is 2. The lowest BCUT2D eigenvalue weighted by atomic mass is 9.80. The van der Waals surface area contributed by atoms with E-state index in [-0.39, 0.29) is 5.41 Å². The zero-order valence-corrected chi connectivity index (χ0v) is 10.9. The Bertz CT molecular complexity index is 419. The fraction of sp³-hybridized carbons (Fsp3) is 0.500. The van der Waals surface area contributed by atoms with Crippen LogP contribution in [-0.2, 0) is 4.79 Å². The average Bonchev–Trinajstić information content (AvgIpc) is 2.17. The molecule has 0 aliphatic heterocycles. The monoisotopic (exact) mass is 235 g/mol. The molecule has 3 heteroatoms. The molecule has 0 heterocycles. The molecule has 0 spiro atoms. The van der Waals surface area contributed by atoms with Crippen molar-refractivity contribution in [2.75, 3.05) is 5.73 Å². The Balaban J connectivity index is 3.15. The van der Waals surface area contributed by atoms with Gasteiger partial charge in [-0.15, -0.1) is 0 Å². The lowest BCUT2D eigenvalue weighted by molar-refractivity contribution is -0.139. The van der Waals surface area contributed by atoms with Crippen LogP contribution in [0.4, 0.5) is 5.69 Å². The van der Waals surface area contributed by atoms with E-state index >= 15 is 0 Å². The molecule has 0 saturated heterocycles. The summed E-state index contributed by atoms with van der Waals surface area (Å²) in [4.78, 5) is 11.4. The van der Waals surface area contributed by atoms with Gasteiger partial charge in [-0.2, -0.15) is 0 Å². The summed E-state index contributed by atoms with van der Waals surface area (Å²) in [5, 5.41) is 9.35. The van der Waals surface area contributed by atoms with Crippen molar-refractivity contribution in [2.45, 2.75) is 40.0 Å². The van der Waals surface area contributed by atoms with Crippen LogP contribution in [0.15, 0.2) is 18.2 Å². The minimum Gasteiger partial charge on any atom is -0.481 e. The zero-order chi connectivity index (χ0) is 13.2. The number of carbonyl (C=O) groups is 1. The molecule has 0 fully saturated rings. The number of aryl methyl sites for hydroxylation is 1. The van der Waals surface area contributed by atoms with Crippen LogP contribution in [0.3, 0.4) is 0 Å². The van der Waals surface area contributed by atoms with Gasteiger partial charge in [-0.3, -0.25) is 4.79 Å². The predicted molar refractivity (Wildman–Crippen MR) is 70.0 cm³/mol. The predicted octanol–water partition coefficient (Wildman–Crippen LogP) is 3.18. The Hall–Kier alpha value is -1.51. The van der Waals surface area contributed by atoms with Crippen molar-refractivity contribution in [3.05, 3.63) is 29.3 Å². The number of para-hydroxylation sites is 1. The molecule has 0 amide bonds. The minimum atomic E-state index is -0.808. The highest BCUT2D eigenvalue weighted by Crippen LogP contribution is 2.34. The van der Waals surface area contributed by atoms with E-state index in [0.29, 0.717) is 12.1 Å². The highest BCUT2D eigenvalue weighted by Gasteiger charge is 2.27. The molecule has 0 saturated carbocycles. The van der Waals surface area contributed by atoms with Crippen LogP contribution >= 0.6 is 0 Å². The van der Waals surface area contributed by atoms with Gasteiger partial charge in [0, 0.05) is 5.69 Å². The first-order valence-electron chi connectivity index (χ1n) is 5.80. The van der Waals surface area contributed by atoms with Gasteiger partial charge >= 0.3 is 5.97 Å². The van der Waals surface area contributed by atoms with Gasteiger partial charge in [0.2, 0.25) is 0 Å². The van der Waals surface area contributed by atoms with E-state index < -0.39 is 11.9 Å². The topological polar surface area (TPSA) is 63.3 Å². The normalized spacial score (nSPS) is 13.4. The minimum absolute atomic E-state index is 0.0424. The second kappa shape index (κ2) is 4.78. The summed E-state index contributed by atoms with van der Waals surface area (Å²) < 4.78 is 0. The largest absolute Gasteiger partial charge is 0.481 e. The average molecular weight is 235 g/mol. The molecule has 1 unspecified atom stereocenters. The fourth-order valence-electron chi connectivity index (χ4n) is 1.95. The molecule has 1 aromatic carbocycles. The number of aliphatic carboxylic acids is 1. The summed E-state index contributed by atoms with van der Waals surface area (Å²) >= 11 is 0. The number of rotatable bonds is 3. The molecule has 3 nitrogen and oxygen atoms in total. The number of hydrogen-bond acceptors (Lipinski definition) is 2. The Labute approximate surface area is 103 Å². The molecule has 0 bridgehead atoms. The molecule has 3 N–H and O–H groups in total. The SMILES string of the molecule is Cc1cccc(C(CC(C)(C)C)C(=O)O)c1N. The van der Waals surface area contributed by atoms with E-state index in [4.69, 9.17) is 5.73 Å². The Morgan fingerprint density at radius 1 is 1.41 bits per heavy atom. The van der Waals surface area contributed by atoms with E-state index in [2.05, 4.69) is 0 Å². The number of carboxylic acid groups (broad SMARTS) is 1. The zero-order valence-electron chi connectivity index (χ0n) is 10.9. The number of carboxylic acids is 1. The molecule has 0 aliphatic carbocycles. The lowest BCUT2D eigenvalue weighted by Gasteiger charge is -2.24. The first-order valence-corrected chi connectivity index (χ1v) is 5.80. The number of anilines is 1. The van der Waals surface area contributed by atoms with Crippen LogP contribution in [0.25, 0.3) is 0 Å². The number of nitrogen functional groups attached to an aromatic ring is 1. The van der Waals surface area contributed by atoms with Crippen molar-refractivity contribution < 1.29 is 9.90 Å². The van der Waals surface area contributed by atoms with E-state index in [1.54, 1.807) is 0 Å². The number of nitrogens with two attached hydrogens (primary N) is 1. The second-order valence-corrected chi connectivity index (χ2v) is 5.73. The molecule has 0 aromatic heterocycles. The summed E-state index contributed by atoms with van der Waals surface area (Å²) in [6.07, 6.45) is 0.579. The van der Waals surface area contributed by atoms with Gasteiger partial charge < -0.3 is 10.8 Å². The third-order valence-corrected chi connectivity index (χ3v) is 2.85. The molecule has 17 heavy (non-hydrogen) atoms. The van der Waals surface area contributed by atoms with Crippen LogP contribution in [0.1, 0.15) is 44.2 Å². The van der Waals surface area contributed by atoms with Crippen LogP contribution in [0.5, 0.6) is 0 Å². The molecule has 0 radical (unpaired) electrons. The van der Waals surface area contributed by atoms with Gasteiger partial charge in [-0.1, -0.05) is 39.0 Å². The van der Waals surface area contributed by atoms with Crippen LogP contribution < -0.4 is 5.73 Å². The van der Waals surface area contributed by atoms with Crippen molar-refractivity contribution in [2.24, 2.45) is 5.41 Å². The number of benzene rings is 1. The smallest absolute Gasteiger partial charge is 0.311 e. The van der Waals surface area contributed by atoms with Gasteiger partial charge in [0.25, 0.3) is 0 Å². The van der Waals surface area contributed by atoms with Gasteiger partial charge in [0.15, 0.2) is 0 Å². The fourth-order valence-corrected chi connectivity index (χ4v) is 1.95. The summed E-state index contributed by atoms with van der Waals surface area (Å²) in [6, 6.07) is 5.57.